The highest BCUT2D eigenvalue weighted by atomic mass is 19.4. The van der Waals surface area contributed by atoms with Crippen LogP contribution in [0.1, 0.15) is 72.5 Å². The van der Waals surface area contributed by atoms with Gasteiger partial charge in [0.15, 0.2) is 5.65 Å². The maximum Gasteiger partial charge on any atom is 0.393 e. The summed E-state index contributed by atoms with van der Waals surface area (Å²) in [6, 6.07) is 2.63. The number of aromatic nitrogens is 5. The van der Waals surface area contributed by atoms with Crippen LogP contribution in [-0.4, -0.2) is 61.9 Å². The first kappa shape index (κ1) is 30.8. The maximum atomic E-state index is 14.0. The Hall–Kier alpha value is -3.62. The van der Waals surface area contributed by atoms with Crippen molar-refractivity contribution in [2.75, 3.05) is 13.6 Å². The van der Waals surface area contributed by atoms with Crippen LogP contribution in [0.4, 0.5) is 22.0 Å². The van der Waals surface area contributed by atoms with Crippen molar-refractivity contribution in [3.05, 3.63) is 47.2 Å². The fourth-order valence-corrected chi connectivity index (χ4v) is 6.06. The molecule has 0 spiro atoms. The SMILES string of the molecule is CCn1nccc1C(=O)N[C@H](c1cn2nc(C[C@H]3C[C@@H](C(F)(F)F)CNC3=O)c(CNC)cc2n1)C1CCC(F)(F)CC1. The highest BCUT2D eigenvalue weighted by Crippen LogP contribution is 2.41. The van der Waals surface area contributed by atoms with E-state index in [1.165, 1.54) is 15.4 Å². The highest BCUT2D eigenvalue weighted by Gasteiger charge is 2.45. The number of imidazole rings is 1. The molecule has 2 fully saturated rings. The van der Waals surface area contributed by atoms with E-state index in [9.17, 15) is 31.5 Å². The lowest BCUT2D eigenvalue weighted by Gasteiger charge is -2.33. The zero-order valence-electron chi connectivity index (χ0n) is 23.9. The molecule has 0 unspecified atom stereocenters. The predicted octanol–water partition coefficient (Wildman–Crippen LogP) is 3.82. The van der Waals surface area contributed by atoms with Crippen LogP contribution in [0.25, 0.3) is 5.65 Å². The smallest absolute Gasteiger partial charge is 0.355 e. The molecule has 2 aliphatic rings. The van der Waals surface area contributed by atoms with Gasteiger partial charge in [-0.25, -0.2) is 18.3 Å². The van der Waals surface area contributed by atoms with E-state index >= 15 is 0 Å². The third-order valence-corrected chi connectivity index (χ3v) is 8.45. The Kier molecular flexibility index (Phi) is 8.72. The number of alkyl halides is 5. The molecule has 2 amide bonds. The van der Waals surface area contributed by atoms with Gasteiger partial charge < -0.3 is 16.0 Å². The largest absolute Gasteiger partial charge is 0.393 e. The second kappa shape index (κ2) is 12.2. The Morgan fingerprint density at radius 1 is 1.26 bits per heavy atom. The number of carbonyl (C=O) groups excluding carboxylic acids is 2. The molecule has 3 aromatic rings. The number of nitrogens with zero attached hydrogens (tertiary/aromatic N) is 5. The molecule has 15 heteroatoms. The van der Waals surface area contributed by atoms with Crippen molar-refractivity contribution in [2.24, 2.45) is 17.8 Å². The topological polar surface area (TPSA) is 118 Å². The summed E-state index contributed by atoms with van der Waals surface area (Å²) < 4.78 is 71.3. The molecular formula is C28H35F5N8O2. The Bertz CT molecular complexity index is 1460. The minimum atomic E-state index is -4.42. The average Bonchev–Trinajstić information content (AvgIpc) is 3.59. The van der Waals surface area contributed by atoms with Crippen LogP contribution < -0.4 is 16.0 Å². The van der Waals surface area contributed by atoms with Crippen LogP contribution in [-0.2, 0) is 24.3 Å². The summed E-state index contributed by atoms with van der Waals surface area (Å²) in [6.45, 7) is 2.20. The fourth-order valence-electron chi connectivity index (χ4n) is 6.06. The normalized spacial score (nSPS) is 22.0. The molecule has 1 aliphatic carbocycles. The standard InChI is InChI=1S/C28H35F5N8O2/c1-3-40-22(6-9-36-40)26(43)38-24(16-4-7-27(29,30)8-5-16)21-15-41-23(37-21)12-18(13-34-2)20(39-41)11-17-10-19(28(31,32)33)14-35-25(17)42/h6,9,12,15-17,19,24,34H,3-5,7-8,10-11,13-14H2,1-2H3,(H,35,42)(H,38,43)/t17-,19-,24+/m1/s1. The van der Waals surface area contributed by atoms with E-state index in [2.05, 4.69) is 26.1 Å². The minimum Gasteiger partial charge on any atom is -0.355 e. The number of halogens is 5. The highest BCUT2D eigenvalue weighted by molar-refractivity contribution is 5.92. The molecule has 3 N–H and O–H groups in total. The third kappa shape index (κ3) is 6.81. The van der Waals surface area contributed by atoms with Crippen LogP contribution in [0.5, 0.6) is 0 Å². The molecular weight excluding hydrogens is 575 g/mol. The Morgan fingerprint density at radius 2 is 2.00 bits per heavy atom. The summed E-state index contributed by atoms with van der Waals surface area (Å²) in [4.78, 5) is 30.5. The third-order valence-electron chi connectivity index (χ3n) is 8.45. The van der Waals surface area contributed by atoms with Gasteiger partial charge >= 0.3 is 6.18 Å². The second-order valence-electron chi connectivity index (χ2n) is 11.4. The van der Waals surface area contributed by atoms with Crippen molar-refractivity contribution < 1.29 is 31.5 Å². The molecule has 5 rings (SSSR count). The van der Waals surface area contributed by atoms with Crippen molar-refractivity contribution in [1.29, 1.82) is 0 Å². The number of piperidine rings is 1. The van der Waals surface area contributed by atoms with Gasteiger partial charge in [0.05, 0.1) is 29.5 Å². The summed E-state index contributed by atoms with van der Waals surface area (Å²) >= 11 is 0. The van der Waals surface area contributed by atoms with E-state index in [-0.39, 0.29) is 44.4 Å². The van der Waals surface area contributed by atoms with Crippen molar-refractivity contribution >= 4 is 17.5 Å². The van der Waals surface area contributed by atoms with E-state index < -0.39 is 48.3 Å². The van der Waals surface area contributed by atoms with Crippen molar-refractivity contribution in [1.82, 2.24) is 40.3 Å². The van der Waals surface area contributed by atoms with Gasteiger partial charge in [0.25, 0.3) is 5.91 Å². The first-order valence-corrected chi connectivity index (χ1v) is 14.5. The second-order valence-corrected chi connectivity index (χ2v) is 11.4. The Labute approximate surface area is 244 Å². The van der Waals surface area contributed by atoms with Gasteiger partial charge in [-0.2, -0.15) is 23.4 Å². The lowest BCUT2D eigenvalue weighted by molar-refractivity contribution is -0.183. The lowest BCUT2D eigenvalue weighted by Crippen LogP contribution is -2.47. The van der Waals surface area contributed by atoms with Crippen LogP contribution in [0.2, 0.25) is 0 Å². The number of amides is 2. The van der Waals surface area contributed by atoms with E-state index in [1.54, 1.807) is 25.4 Å². The Morgan fingerprint density at radius 3 is 2.67 bits per heavy atom. The van der Waals surface area contributed by atoms with Gasteiger partial charge in [-0.05, 0) is 56.8 Å². The number of carbonyl (C=O) groups is 2. The number of aryl methyl sites for hydroxylation is 1. The van der Waals surface area contributed by atoms with Crippen molar-refractivity contribution in [3.63, 3.8) is 0 Å². The minimum absolute atomic E-state index is 0.00222. The molecule has 0 aromatic carbocycles. The van der Waals surface area contributed by atoms with Crippen molar-refractivity contribution in [3.8, 4) is 0 Å². The summed E-state index contributed by atoms with van der Waals surface area (Å²) in [5.41, 5.74) is 2.29. The number of nitrogens with one attached hydrogen (secondary N) is 3. The number of rotatable bonds is 9. The molecule has 1 aliphatic heterocycles. The van der Waals surface area contributed by atoms with E-state index in [0.29, 0.717) is 41.4 Å². The zero-order chi connectivity index (χ0) is 30.9. The molecule has 43 heavy (non-hydrogen) atoms. The quantitative estimate of drug-likeness (QED) is 0.317. The molecule has 3 aromatic heterocycles. The molecule has 0 bridgehead atoms. The van der Waals surface area contributed by atoms with Crippen molar-refractivity contribution in [2.45, 2.75) is 76.7 Å². The molecule has 4 heterocycles. The maximum absolute atomic E-state index is 14.0. The monoisotopic (exact) mass is 610 g/mol. The van der Waals surface area contributed by atoms with Gasteiger partial charge in [-0.15, -0.1) is 0 Å². The molecule has 10 nitrogen and oxygen atoms in total. The summed E-state index contributed by atoms with van der Waals surface area (Å²) in [5.74, 6) is -6.49. The van der Waals surface area contributed by atoms with E-state index in [1.807, 2.05) is 6.92 Å². The summed E-state index contributed by atoms with van der Waals surface area (Å²) in [7, 11) is 1.71. The molecule has 1 saturated carbocycles. The van der Waals surface area contributed by atoms with Gasteiger partial charge in [-0.3, -0.25) is 14.3 Å². The zero-order valence-corrected chi connectivity index (χ0v) is 23.9. The predicted molar refractivity (Wildman–Crippen MR) is 145 cm³/mol. The van der Waals surface area contributed by atoms with Gasteiger partial charge in [-0.1, -0.05) is 0 Å². The van der Waals surface area contributed by atoms with Crippen LogP contribution in [0.3, 0.4) is 0 Å². The van der Waals surface area contributed by atoms with Crippen LogP contribution >= 0.6 is 0 Å². The fraction of sp³-hybridized carbons (Fsp3) is 0.607. The molecule has 234 valence electrons. The number of fused-ring (bicyclic) bond motifs is 1. The molecule has 0 radical (unpaired) electrons. The van der Waals surface area contributed by atoms with E-state index in [0.717, 1.165) is 0 Å². The van der Waals surface area contributed by atoms with Gasteiger partial charge in [0.2, 0.25) is 11.8 Å². The lowest BCUT2D eigenvalue weighted by atomic mass is 9.81. The number of hydrogen-bond donors (Lipinski definition) is 3. The Balaban J connectivity index is 1.47. The summed E-state index contributed by atoms with van der Waals surface area (Å²) in [5, 5.41) is 17.2. The first-order valence-electron chi connectivity index (χ1n) is 14.5. The van der Waals surface area contributed by atoms with Crippen LogP contribution in [0.15, 0.2) is 24.5 Å². The van der Waals surface area contributed by atoms with Gasteiger partial charge in [0.1, 0.15) is 5.69 Å². The number of hydrogen-bond acceptors (Lipinski definition) is 6. The van der Waals surface area contributed by atoms with Gasteiger partial charge in [0, 0.05) is 51.0 Å². The van der Waals surface area contributed by atoms with Crippen LogP contribution in [0, 0.1) is 17.8 Å². The molecule has 1 saturated heterocycles. The average molecular weight is 611 g/mol. The van der Waals surface area contributed by atoms with E-state index in [4.69, 9.17) is 4.98 Å². The first-order chi connectivity index (χ1) is 20.4. The summed E-state index contributed by atoms with van der Waals surface area (Å²) in [6.07, 6.45) is -1.89. The molecule has 3 atom stereocenters.